The van der Waals surface area contributed by atoms with Crippen molar-refractivity contribution in [2.45, 2.75) is 80.5 Å². The third-order valence-electron chi connectivity index (χ3n) is 7.64. The zero-order valence-electron chi connectivity index (χ0n) is 20.4. The molecule has 4 atom stereocenters. The van der Waals surface area contributed by atoms with E-state index < -0.39 is 20.0 Å². The van der Waals surface area contributed by atoms with E-state index in [4.69, 9.17) is 27.9 Å². The molecular weight excluding hydrogens is 557 g/mol. The van der Waals surface area contributed by atoms with Gasteiger partial charge in [-0.3, -0.25) is 4.98 Å². The Morgan fingerprint density at radius 2 is 1.68 bits per heavy atom. The maximum atomic E-state index is 13.4. The molecule has 0 saturated carbocycles. The van der Waals surface area contributed by atoms with Gasteiger partial charge < -0.3 is 4.74 Å². The van der Waals surface area contributed by atoms with E-state index in [1.807, 2.05) is 12.1 Å². The van der Waals surface area contributed by atoms with Gasteiger partial charge in [-0.15, -0.1) is 0 Å². The molecule has 1 aromatic carbocycles. The summed E-state index contributed by atoms with van der Waals surface area (Å²) in [4.78, 5) is 4.04. The second kappa shape index (κ2) is 11.0. The SMILES string of the molecule is O=S(=O)(CCC[C@@H]1CCCN1S(=O)(=O)c1ccc(Cl)cc1Cl)N1[C@@H]2CC[C@H]1CC(Oc1ccncc1)C2. The van der Waals surface area contributed by atoms with Crippen LogP contribution in [-0.2, 0) is 20.0 Å². The molecule has 3 fully saturated rings. The molecule has 12 heteroatoms. The predicted molar refractivity (Wildman–Crippen MR) is 143 cm³/mol. The normalized spacial score (nSPS) is 27.0. The largest absolute Gasteiger partial charge is 0.490 e. The molecule has 202 valence electrons. The number of piperidine rings is 1. The maximum Gasteiger partial charge on any atom is 0.244 e. The first-order chi connectivity index (χ1) is 17.6. The zero-order valence-corrected chi connectivity index (χ0v) is 23.5. The number of rotatable bonds is 9. The van der Waals surface area contributed by atoms with E-state index in [-0.39, 0.29) is 39.9 Å². The minimum Gasteiger partial charge on any atom is -0.490 e. The van der Waals surface area contributed by atoms with Crippen LogP contribution in [0.15, 0.2) is 47.6 Å². The van der Waals surface area contributed by atoms with Gasteiger partial charge in [0.1, 0.15) is 16.7 Å². The molecule has 1 unspecified atom stereocenters. The number of aromatic nitrogens is 1. The molecule has 1 aromatic heterocycles. The molecule has 2 aromatic rings. The van der Waals surface area contributed by atoms with Crippen molar-refractivity contribution in [3.05, 3.63) is 52.8 Å². The van der Waals surface area contributed by atoms with Crippen molar-refractivity contribution in [1.29, 1.82) is 0 Å². The van der Waals surface area contributed by atoms with Crippen molar-refractivity contribution in [2.24, 2.45) is 0 Å². The molecule has 0 N–H and O–H groups in total. The summed E-state index contributed by atoms with van der Waals surface area (Å²) in [5.74, 6) is 0.772. The molecule has 8 nitrogen and oxygen atoms in total. The Morgan fingerprint density at radius 1 is 0.973 bits per heavy atom. The van der Waals surface area contributed by atoms with Crippen LogP contribution in [0.2, 0.25) is 10.0 Å². The molecule has 0 spiro atoms. The topological polar surface area (TPSA) is 96.9 Å². The number of pyridine rings is 1. The lowest BCUT2D eigenvalue weighted by Gasteiger charge is -2.38. The van der Waals surface area contributed by atoms with Crippen LogP contribution in [0.5, 0.6) is 5.75 Å². The van der Waals surface area contributed by atoms with Crippen LogP contribution >= 0.6 is 23.2 Å². The summed E-state index contributed by atoms with van der Waals surface area (Å²) < 4.78 is 62.6. The number of nitrogens with zero attached hydrogens (tertiary/aromatic N) is 3. The lowest BCUT2D eigenvalue weighted by molar-refractivity contribution is 0.0956. The van der Waals surface area contributed by atoms with Crippen molar-refractivity contribution in [1.82, 2.24) is 13.6 Å². The summed E-state index contributed by atoms with van der Waals surface area (Å²) in [5.41, 5.74) is 0. The molecule has 3 saturated heterocycles. The van der Waals surface area contributed by atoms with Gasteiger partial charge in [-0.2, -0.15) is 8.61 Å². The molecular formula is C25H31Cl2N3O5S2. The molecule has 4 heterocycles. The second-order valence-electron chi connectivity index (χ2n) is 10.1. The number of hydrogen-bond donors (Lipinski definition) is 0. The second-order valence-corrected chi connectivity index (χ2v) is 14.8. The first-order valence-corrected chi connectivity index (χ1v) is 16.5. The summed E-state index contributed by atoms with van der Waals surface area (Å²) >= 11 is 12.1. The van der Waals surface area contributed by atoms with Crippen LogP contribution in [0.25, 0.3) is 0 Å². The van der Waals surface area contributed by atoms with E-state index in [1.165, 1.54) is 22.5 Å². The number of sulfonamides is 2. The Balaban J connectivity index is 1.19. The zero-order chi connectivity index (χ0) is 26.2. The van der Waals surface area contributed by atoms with Crippen LogP contribution in [0, 0.1) is 0 Å². The Bertz CT molecular complexity index is 1310. The van der Waals surface area contributed by atoms with Crippen LogP contribution in [0.3, 0.4) is 0 Å². The average Bonchev–Trinajstić information content (AvgIpc) is 3.43. The lowest BCUT2D eigenvalue weighted by Crippen LogP contribution is -2.50. The predicted octanol–water partition coefficient (Wildman–Crippen LogP) is 4.73. The molecule has 0 aliphatic carbocycles. The molecule has 0 amide bonds. The number of ether oxygens (including phenoxy) is 1. The number of hydrogen-bond acceptors (Lipinski definition) is 6. The standard InChI is InChI=1S/C25H31Cl2N3O5S2/c26-18-5-8-25(24(27)15-18)37(33,34)29-13-1-3-19(29)4-2-14-36(31,32)30-20-6-7-21(30)17-23(16-20)35-22-9-11-28-12-10-22/h5,8-12,15,19-21,23H,1-4,6-7,13-14,16-17H2/t19-,20-,21+,23?/m0/s1. The summed E-state index contributed by atoms with van der Waals surface area (Å²) in [7, 11) is -7.26. The van der Waals surface area contributed by atoms with Gasteiger partial charge >= 0.3 is 0 Å². The van der Waals surface area contributed by atoms with Gasteiger partial charge in [-0.25, -0.2) is 16.8 Å². The van der Waals surface area contributed by atoms with Gasteiger partial charge in [0.05, 0.1) is 10.8 Å². The lowest BCUT2D eigenvalue weighted by atomic mass is 10.0. The van der Waals surface area contributed by atoms with Gasteiger partial charge in [-0.05, 0) is 68.9 Å². The minimum absolute atomic E-state index is 0.0108. The number of halogens is 2. The van der Waals surface area contributed by atoms with Gasteiger partial charge in [0.2, 0.25) is 20.0 Å². The average molecular weight is 589 g/mol. The van der Waals surface area contributed by atoms with Crippen LogP contribution < -0.4 is 4.74 Å². The molecule has 3 aliphatic heterocycles. The van der Waals surface area contributed by atoms with Gasteiger partial charge in [0.25, 0.3) is 0 Å². The Labute approximate surface area is 229 Å². The number of fused-ring (bicyclic) bond motifs is 2. The van der Waals surface area contributed by atoms with E-state index in [0.29, 0.717) is 43.7 Å². The van der Waals surface area contributed by atoms with Crippen LogP contribution in [-0.4, -0.2) is 67.0 Å². The highest BCUT2D eigenvalue weighted by Crippen LogP contribution is 2.40. The smallest absolute Gasteiger partial charge is 0.244 e. The summed E-state index contributed by atoms with van der Waals surface area (Å²) in [6.45, 7) is 0.397. The quantitative estimate of drug-likeness (QED) is 0.421. The van der Waals surface area contributed by atoms with Crippen molar-refractivity contribution >= 4 is 43.2 Å². The Kier molecular flexibility index (Phi) is 8.06. The van der Waals surface area contributed by atoms with Crippen LogP contribution in [0.1, 0.15) is 51.4 Å². The van der Waals surface area contributed by atoms with E-state index in [1.54, 1.807) is 16.7 Å². The highest BCUT2D eigenvalue weighted by Gasteiger charge is 2.47. The van der Waals surface area contributed by atoms with Gasteiger partial charge in [-0.1, -0.05) is 23.2 Å². The van der Waals surface area contributed by atoms with Gasteiger partial charge in [0.15, 0.2) is 0 Å². The highest BCUT2D eigenvalue weighted by atomic mass is 35.5. The Morgan fingerprint density at radius 3 is 2.35 bits per heavy atom. The van der Waals surface area contributed by atoms with Crippen molar-refractivity contribution in [3.8, 4) is 5.75 Å². The molecule has 3 aliphatic rings. The summed E-state index contributed by atoms with van der Waals surface area (Å²) in [5, 5.41) is 0.460. The van der Waals surface area contributed by atoms with Crippen molar-refractivity contribution in [2.75, 3.05) is 12.3 Å². The maximum absolute atomic E-state index is 13.4. The minimum atomic E-state index is -3.80. The van der Waals surface area contributed by atoms with E-state index in [0.717, 1.165) is 25.0 Å². The molecule has 0 radical (unpaired) electrons. The Hall–Kier alpha value is -1.43. The fourth-order valence-electron chi connectivity index (χ4n) is 6.08. The number of benzene rings is 1. The van der Waals surface area contributed by atoms with Crippen LogP contribution in [0.4, 0.5) is 0 Å². The summed E-state index contributed by atoms with van der Waals surface area (Å²) in [6, 6.07) is 7.65. The monoisotopic (exact) mass is 587 g/mol. The van der Waals surface area contributed by atoms with E-state index in [9.17, 15) is 16.8 Å². The molecule has 5 rings (SSSR count). The first-order valence-electron chi connectivity index (χ1n) is 12.7. The van der Waals surface area contributed by atoms with E-state index >= 15 is 0 Å². The van der Waals surface area contributed by atoms with Crippen molar-refractivity contribution in [3.63, 3.8) is 0 Å². The van der Waals surface area contributed by atoms with Gasteiger partial charge in [0, 0.05) is 54.9 Å². The molecule has 37 heavy (non-hydrogen) atoms. The first kappa shape index (κ1) is 27.1. The third kappa shape index (κ3) is 5.79. The summed E-state index contributed by atoms with van der Waals surface area (Å²) in [6.07, 6.45) is 8.72. The molecule has 2 bridgehead atoms. The fourth-order valence-corrected chi connectivity index (χ4v) is 10.6. The van der Waals surface area contributed by atoms with E-state index in [2.05, 4.69) is 4.98 Å². The third-order valence-corrected chi connectivity index (χ3v) is 12.4. The fraction of sp³-hybridized carbons (Fsp3) is 0.560. The van der Waals surface area contributed by atoms with Crippen molar-refractivity contribution < 1.29 is 21.6 Å². The highest BCUT2D eigenvalue weighted by molar-refractivity contribution is 7.89.